The van der Waals surface area contributed by atoms with Crippen LogP contribution in [-0.4, -0.2) is 83.1 Å². The number of hydrogen-bond donors (Lipinski definition) is 2. The number of amides is 4. The Bertz CT molecular complexity index is 1210. The molecular weight excluding hydrogens is 494 g/mol. The highest BCUT2D eigenvalue weighted by Crippen LogP contribution is 2.30. The molecule has 0 saturated carbocycles. The second-order valence-corrected chi connectivity index (χ2v) is 10.3. The highest BCUT2D eigenvalue weighted by Gasteiger charge is 2.40. The van der Waals surface area contributed by atoms with Crippen molar-refractivity contribution in [3.8, 4) is 0 Å². The first-order chi connectivity index (χ1) is 18.8. The smallest absolute Gasteiger partial charge is 0.250 e. The van der Waals surface area contributed by atoms with Crippen LogP contribution in [-0.2, 0) is 25.6 Å². The van der Waals surface area contributed by atoms with E-state index in [1.165, 1.54) is 16.7 Å². The summed E-state index contributed by atoms with van der Waals surface area (Å²) in [5, 5.41) is 6.17. The minimum Gasteiger partial charge on any atom is -0.342 e. The normalized spacial score (nSPS) is 18.6. The van der Waals surface area contributed by atoms with Crippen LogP contribution >= 0.6 is 0 Å². The third-order valence-corrected chi connectivity index (χ3v) is 7.08. The fraction of sp³-hybridized carbons (Fsp3) is 0.400. The van der Waals surface area contributed by atoms with E-state index in [4.69, 9.17) is 0 Å². The van der Waals surface area contributed by atoms with E-state index in [-0.39, 0.29) is 30.2 Å². The molecule has 0 aliphatic carbocycles. The van der Waals surface area contributed by atoms with E-state index in [0.717, 1.165) is 5.56 Å². The van der Waals surface area contributed by atoms with Crippen molar-refractivity contribution in [3.63, 3.8) is 0 Å². The first kappa shape index (κ1) is 28.0. The molecule has 9 nitrogen and oxygen atoms in total. The van der Waals surface area contributed by atoms with E-state index in [2.05, 4.69) is 10.6 Å². The second-order valence-electron chi connectivity index (χ2n) is 10.3. The lowest BCUT2D eigenvalue weighted by Gasteiger charge is -2.40. The molecule has 2 N–H and O–H groups in total. The minimum absolute atomic E-state index is 0.139. The first-order valence-electron chi connectivity index (χ1n) is 13.5. The third kappa shape index (κ3) is 6.72. The van der Waals surface area contributed by atoms with Gasteiger partial charge in [0.25, 0.3) is 5.91 Å². The SMILES string of the molecule is CC(=O)N1C=C(c2ccccc2)N(CC(=O)N[C@H](Cc2ccccc2)C(=O)N2CCNCC2)C(=O)C1C(C)C. The number of nitrogens with one attached hydrogen (secondary N) is 2. The molecule has 4 amide bonds. The molecule has 1 unspecified atom stereocenters. The summed E-state index contributed by atoms with van der Waals surface area (Å²) in [6.45, 7) is 7.46. The lowest BCUT2D eigenvalue weighted by atomic mass is 9.97. The number of hydrogen-bond acceptors (Lipinski definition) is 5. The molecule has 0 aromatic heterocycles. The summed E-state index contributed by atoms with van der Waals surface area (Å²) in [5.41, 5.74) is 2.11. The van der Waals surface area contributed by atoms with E-state index < -0.39 is 18.0 Å². The largest absolute Gasteiger partial charge is 0.342 e. The third-order valence-electron chi connectivity index (χ3n) is 7.08. The summed E-state index contributed by atoms with van der Waals surface area (Å²) in [6, 6.07) is 17.3. The minimum atomic E-state index is -0.767. The van der Waals surface area contributed by atoms with Gasteiger partial charge in [-0.1, -0.05) is 74.5 Å². The van der Waals surface area contributed by atoms with Crippen molar-refractivity contribution in [1.82, 2.24) is 25.3 Å². The first-order valence-corrected chi connectivity index (χ1v) is 13.5. The fourth-order valence-electron chi connectivity index (χ4n) is 5.11. The van der Waals surface area contributed by atoms with Gasteiger partial charge in [0.05, 0.1) is 5.70 Å². The Morgan fingerprint density at radius 3 is 2.18 bits per heavy atom. The van der Waals surface area contributed by atoms with Crippen molar-refractivity contribution in [2.24, 2.45) is 5.92 Å². The second kappa shape index (κ2) is 12.7. The zero-order valence-corrected chi connectivity index (χ0v) is 22.8. The van der Waals surface area contributed by atoms with Crippen LogP contribution in [0.5, 0.6) is 0 Å². The van der Waals surface area contributed by atoms with Crippen molar-refractivity contribution in [3.05, 3.63) is 78.0 Å². The lowest BCUT2D eigenvalue weighted by molar-refractivity contribution is -0.145. The van der Waals surface area contributed by atoms with Gasteiger partial charge < -0.3 is 20.4 Å². The van der Waals surface area contributed by atoms with Gasteiger partial charge in [0.2, 0.25) is 17.7 Å². The fourth-order valence-corrected chi connectivity index (χ4v) is 5.11. The molecule has 206 valence electrons. The maximum atomic E-state index is 13.8. The number of carbonyl (C=O) groups excluding carboxylic acids is 4. The average Bonchev–Trinajstić information content (AvgIpc) is 2.94. The van der Waals surface area contributed by atoms with Gasteiger partial charge in [0, 0.05) is 45.7 Å². The molecule has 0 bridgehead atoms. The Labute approximate surface area is 229 Å². The molecule has 2 atom stereocenters. The van der Waals surface area contributed by atoms with E-state index >= 15 is 0 Å². The van der Waals surface area contributed by atoms with Crippen LogP contribution in [0.3, 0.4) is 0 Å². The molecule has 1 fully saturated rings. The van der Waals surface area contributed by atoms with Gasteiger partial charge in [-0.25, -0.2) is 0 Å². The average molecular weight is 532 g/mol. The van der Waals surface area contributed by atoms with Crippen LogP contribution in [0.4, 0.5) is 0 Å². The van der Waals surface area contributed by atoms with Gasteiger partial charge >= 0.3 is 0 Å². The Hall–Kier alpha value is -3.98. The van der Waals surface area contributed by atoms with Crippen LogP contribution in [0.1, 0.15) is 31.9 Å². The molecule has 1 saturated heterocycles. The summed E-state index contributed by atoms with van der Waals surface area (Å²) in [7, 11) is 0. The van der Waals surface area contributed by atoms with E-state index in [1.807, 2.05) is 74.5 Å². The molecule has 9 heteroatoms. The quantitative estimate of drug-likeness (QED) is 0.542. The van der Waals surface area contributed by atoms with Crippen molar-refractivity contribution in [1.29, 1.82) is 0 Å². The molecule has 39 heavy (non-hydrogen) atoms. The summed E-state index contributed by atoms with van der Waals surface area (Å²) < 4.78 is 0. The van der Waals surface area contributed by atoms with Crippen molar-refractivity contribution >= 4 is 29.3 Å². The Morgan fingerprint density at radius 2 is 1.59 bits per heavy atom. The standard InChI is InChI=1S/C30H37N5O4/c1-21(2)28-30(39)35(26(19-34(28)22(3)36)24-12-8-5-9-13-24)20-27(37)32-25(18-23-10-6-4-7-11-23)29(38)33-16-14-31-15-17-33/h4-13,19,21,25,28,31H,14-18,20H2,1-3H3,(H,32,37)/t25-,28?/m1/s1. The highest BCUT2D eigenvalue weighted by molar-refractivity contribution is 6.00. The van der Waals surface area contributed by atoms with Gasteiger partial charge in [0.15, 0.2) is 0 Å². The van der Waals surface area contributed by atoms with Crippen LogP contribution in [0, 0.1) is 5.92 Å². The van der Waals surface area contributed by atoms with Crippen LogP contribution in [0.15, 0.2) is 66.9 Å². The topological polar surface area (TPSA) is 102 Å². The predicted molar refractivity (Wildman–Crippen MR) is 149 cm³/mol. The molecule has 0 radical (unpaired) electrons. The Balaban J connectivity index is 1.61. The predicted octanol–water partition coefficient (Wildman–Crippen LogP) is 1.86. The summed E-state index contributed by atoms with van der Waals surface area (Å²) in [6.07, 6.45) is 2.00. The summed E-state index contributed by atoms with van der Waals surface area (Å²) in [4.78, 5) is 57.9. The van der Waals surface area contributed by atoms with Gasteiger partial charge in [-0.15, -0.1) is 0 Å². The van der Waals surface area contributed by atoms with E-state index in [0.29, 0.717) is 43.9 Å². The molecule has 2 aliphatic heterocycles. The number of benzene rings is 2. The highest BCUT2D eigenvalue weighted by atomic mass is 16.2. The van der Waals surface area contributed by atoms with Crippen LogP contribution in [0.25, 0.3) is 5.70 Å². The number of rotatable bonds is 8. The van der Waals surface area contributed by atoms with E-state index in [9.17, 15) is 19.2 Å². The summed E-state index contributed by atoms with van der Waals surface area (Å²) in [5.74, 6) is -1.32. The van der Waals surface area contributed by atoms with Gasteiger partial charge in [-0.2, -0.15) is 0 Å². The summed E-state index contributed by atoms with van der Waals surface area (Å²) >= 11 is 0. The van der Waals surface area contributed by atoms with E-state index in [1.54, 1.807) is 11.1 Å². The molecule has 2 aromatic carbocycles. The van der Waals surface area contributed by atoms with Crippen molar-refractivity contribution < 1.29 is 19.2 Å². The molecule has 2 heterocycles. The Morgan fingerprint density at radius 1 is 0.974 bits per heavy atom. The van der Waals surface area contributed by atoms with Gasteiger partial charge in [-0.3, -0.25) is 24.1 Å². The molecular formula is C30H37N5O4. The zero-order valence-electron chi connectivity index (χ0n) is 22.8. The molecule has 0 spiro atoms. The van der Waals surface area contributed by atoms with Gasteiger partial charge in [0.1, 0.15) is 18.6 Å². The number of piperazine rings is 1. The van der Waals surface area contributed by atoms with Crippen molar-refractivity contribution in [2.75, 3.05) is 32.7 Å². The van der Waals surface area contributed by atoms with Crippen molar-refractivity contribution in [2.45, 2.75) is 39.3 Å². The van der Waals surface area contributed by atoms with Crippen LogP contribution < -0.4 is 10.6 Å². The van der Waals surface area contributed by atoms with Gasteiger partial charge in [-0.05, 0) is 17.0 Å². The molecule has 4 rings (SSSR count). The Kier molecular flexibility index (Phi) is 9.14. The monoisotopic (exact) mass is 531 g/mol. The maximum Gasteiger partial charge on any atom is 0.250 e. The molecule has 2 aromatic rings. The lowest BCUT2D eigenvalue weighted by Crippen LogP contribution is -2.58. The molecule has 2 aliphatic rings. The maximum absolute atomic E-state index is 13.8. The number of nitrogens with zero attached hydrogens (tertiary/aromatic N) is 3. The number of carbonyl (C=O) groups is 4. The zero-order chi connectivity index (χ0) is 27.9. The van der Waals surface area contributed by atoms with Crippen LogP contribution in [0.2, 0.25) is 0 Å².